The molecule has 0 spiro atoms. The number of carbonyl (C=O) groups excluding carboxylic acids is 7. The van der Waals surface area contributed by atoms with Crippen LogP contribution in [0.4, 0.5) is 22.7 Å². The van der Waals surface area contributed by atoms with Crippen molar-refractivity contribution in [2.24, 2.45) is 10.9 Å². The highest BCUT2D eigenvalue weighted by molar-refractivity contribution is 6.15. The molecule has 0 aromatic heterocycles. The number of fused-ring (bicyclic) bond motifs is 8. The summed E-state index contributed by atoms with van der Waals surface area (Å²) >= 11 is 0. The largest absolute Gasteiger partial charge is 0.493 e. The summed E-state index contributed by atoms with van der Waals surface area (Å²) < 4.78 is 18.8. The Balaban J connectivity index is 0.816. The van der Waals surface area contributed by atoms with Crippen molar-refractivity contribution in [3.05, 3.63) is 148 Å². The number of hydrogen-bond acceptors (Lipinski definition) is 12. The van der Waals surface area contributed by atoms with Crippen molar-refractivity contribution < 1.29 is 52.6 Å². The number of para-hydroxylation sites is 2. The second-order valence-corrected chi connectivity index (χ2v) is 20.7. The van der Waals surface area contributed by atoms with E-state index >= 15 is 0 Å². The fraction of sp³-hybridized carbons (Fsp3) is 0.344. The van der Waals surface area contributed by atoms with Gasteiger partial charge in [0, 0.05) is 79.0 Å². The molecule has 4 atom stereocenters. The lowest BCUT2D eigenvalue weighted by Crippen LogP contribution is -2.39. The summed E-state index contributed by atoms with van der Waals surface area (Å²) in [6.45, 7) is 8.96. The molecule has 5 amide bonds. The summed E-state index contributed by atoms with van der Waals surface area (Å²) in [6, 6.07) is 27.6. The molecule has 0 saturated carbocycles. The first-order valence-corrected chi connectivity index (χ1v) is 26.6. The minimum Gasteiger partial charge on any atom is -0.493 e. The van der Waals surface area contributed by atoms with Gasteiger partial charge in [-0.25, -0.2) is 4.79 Å². The molecular weight excluding hydrogens is 993 g/mol. The molecule has 17 nitrogen and oxygen atoms in total. The lowest BCUT2D eigenvalue weighted by Gasteiger charge is -2.23. The van der Waals surface area contributed by atoms with Gasteiger partial charge in [0.25, 0.3) is 17.7 Å². The molecule has 5 aliphatic heterocycles. The summed E-state index contributed by atoms with van der Waals surface area (Å²) in [6.07, 6.45) is 6.04. The minimum absolute atomic E-state index is 0.00107. The highest BCUT2D eigenvalue weighted by Gasteiger charge is 2.39. The van der Waals surface area contributed by atoms with Crippen LogP contribution >= 0.6 is 0 Å². The third kappa shape index (κ3) is 11.1. The summed E-state index contributed by atoms with van der Waals surface area (Å²) in [4.78, 5) is 106. The van der Waals surface area contributed by atoms with Crippen molar-refractivity contribution in [3.63, 3.8) is 0 Å². The molecule has 402 valence electrons. The fourth-order valence-electron chi connectivity index (χ4n) is 10.9. The molecule has 78 heavy (non-hydrogen) atoms. The van der Waals surface area contributed by atoms with E-state index in [1.165, 1.54) is 12.7 Å². The number of allylic oxidation sites excluding steroid dienone is 1. The van der Waals surface area contributed by atoms with Gasteiger partial charge < -0.3 is 34.6 Å². The van der Waals surface area contributed by atoms with Crippen molar-refractivity contribution in [1.29, 1.82) is 0 Å². The zero-order valence-electron chi connectivity index (χ0n) is 44.2. The summed E-state index contributed by atoms with van der Waals surface area (Å²) in [5.74, 6) is -1.74. The molecule has 17 heteroatoms. The molecular formula is C61H62N6O11. The lowest BCUT2D eigenvalue weighted by molar-refractivity contribution is -0.186. The standard InChI is InChI=1S/C61H62N6O11/c1-35-22-47-41(19-20-45-27-42-12-6-8-14-50(42)65(45)60(47)73)29-53(35)76-33-39-24-40(34-77-55-31-49-48(30-54(55)75-5)61(74)66-46(32-62-49)28-43-13-7-9-15-51(43)66)26-44(25-39)64-59(72)36(2)23-52(68)38(4)63-56(69)16-10-11-17-58(71)78-67-37(3)18-21-57(67)70/h6-9,12-15,22,24-26,29-32,36,38,45-46H,3,10-11,16-21,23,27-28,33-34H2,1-2,4-5H3,(H,63,69)(H,64,72)/t36-,38+,45-,46+/m1/s1. The van der Waals surface area contributed by atoms with E-state index < -0.39 is 23.8 Å². The molecule has 2 N–H and O–H groups in total. The van der Waals surface area contributed by atoms with E-state index in [-0.39, 0.29) is 80.4 Å². The molecule has 0 radical (unpaired) electrons. The lowest BCUT2D eigenvalue weighted by atomic mass is 9.98. The maximum absolute atomic E-state index is 14.1. The van der Waals surface area contributed by atoms with Crippen LogP contribution in [0.25, 0.3) is 0 Å². The van der Waals surface area contributed by atoms with Crippen LogP contribution in [0.2, 0.25) is 0 Å². The summed E-state index contributed by atoms with van der Waals surface area (Å²) in [5.41, 5.74) is 9.49. The van der Waals surface area contributed by atoms with Gasteiger partial charge in [0.2, 0.25) is 11.8 Å². The highest BCUT2D eigenvalue weighted by atomic mass is 16.7. The van der Waals surface area contributed by atoms with Gasteiger partial charge in [-0.2, -0.15) is 0 Å². The Kier molecular flexibility index (Phi) is 15.3. The second-order valence-electron chi connectivity index (χ2n) is 20.7. The van der Waals surface area contributed by atoms with Crippen molar-refractivity contribution in [2.75, 3.05) is 22.2 Å². The van der Waals surface area contributed by atoms with E-state index in [9.17, 15) is 33.6 Å². The number of hydroxylamine groups is 2. The first kappa shape index (κ1) is 52.8. The summed E-state index contributed by atoms with van der Waals surface area (Å²) in [7, 11) is 1.51. The van der Waals surface area contributed by atoms with E-state index in [0.717, 1.165) is 46.0 Å². The molecule has 10 rings (SSSR count). The topological polar surface area (TPSA) is 203 Å². The quantitative estimate of drug-likeness (QED) is 0.0747. The Morgan fingerprint density at radius 1 is 0.744 bits per heavy atom. The van der Waals surface area contributed by atoms with Crippen LogP contribution in [0.15, 0.2) is 108 Å². The van der Waals surface area contributed by atoms with Gasteiger partial charge in [0.05, 0.1) is 36.1 Å². The number of unbranched alkanes of at least 4 members (excludes halogenated alkanes) is 1. The average Bonchev–Trinajstić information content (AvgIpc) is 4.21. The predicted molar refractivity (Wildman–Crippen MR) is 292 cm³/mol. The maximum Gasteiger partial charge on any atom is 0.333 e. The smallest absolute Gasteiger partial charge is 0.333 e. The van der Waals surface area contributed by atoms with Gasteiger partial charge >= 0.3 is 5.97 Å². The number of nitrogens with one attached hydrogen (secondary N) is 2. The van der Waals surface area contributed by atoms with Crippen LogP contribution in [0, 0.1) is 12.8 Å². The summed E-state index contributed by atoms with van der Waals surface area (Å²) in [5, 5.41) is 6.61. The predicted octanol–water partition coefficient (Wildman–Crippen LogP) is 9.16. The molecule has 5 aromatic carbocycles. The number of anilines is 3. The van der Waals surface area contributed by atoms with Gasteiger partial charge in [-0.05, 0) is 134 Å². The SMILES string of the molecule is C=C1CCC(=O)N1OC(=O)CCCCC(=O)N[C@@H](C)C(=O)C[C@@H](C)C(=O)Nc1cc(COc2cc3c(cc2C)C(=O)N2c4ccccc4C[C@H]2CC3)cc(COc2cc3c(cc2OC)C(=O)N2c4ccccc4C[C@H]2C=N3)c1. The van der Waals surface area contributed by atoms with E-state index in [2.05, 4.69) is 23.3 Å². The third-order valence-electron chi connectivity index (χ3n) is 15.1. The van der Waals surface area contributed by atoms with E-state index in [4.69, 9.17) is 24.0 Å². The number of ether oxygens (including phenoxy) is 3. The molecule has 5 aliphatic rings. The second kappa shape index (κ2) is 22.5. The Bertz CT molecular complexity index is 3300. The number of ketones is 1. The molecule has 0 bridgehead atoms. The van der Waals surface area contributed by atoms with Gasteiger partial charge in [0.15, 0.2) is 17.3 Å². The number of aliphatic imine (C=N–C) groups is 1. The normalized spacial score (nSPS) is 17.6. The molecule has 1 saturated heterocycles. The molecule has 5 heterocycles. The molecule has 5 aromatic rings. The molecule has 1 fully saturated rings. The first-order valence-electron chi connectivity index (χ1n) is 26.6. The number of Topliss-reactive ketones (excluding diaryl/α,β-unsaturated/α-hetero) is 1. The highest BCUT2D eigenvalue weighted by Crippen LogP contribution is 2.42. The van der Waals surface area contributed by atoms with Crippen LogP contribution in [0.3, 0.4) is 0 Å². The van der Waals surface area contributed by atoms with E-state index in [1.807, 2.05) is 72.5 Å². The Labute approximate surface area is 452 Å². The van der Waals surface area contributed by atoms with Crippen LogP contribution in [-0.2, 0) is 61.3 Å². The number of carbonyl (C=O) groups is 7. The van der Waals surface area contributed by atoms with Crippen LogP contribution in [0.5, 0.6) is 17.2 Å². The molecule has 0 unspecified atom stereocenters. The zero-order valence-corrected chi connectivity index (χ0v) is 44.2. The number of rotatable bonds is 19. The third-order valence-corrected chi connectivity index (χ3v) is 15.1. The van der Waals surface area contributed by atoms with E-state index in [0.29, 0.717) is 88.7 Å². The van der Waals surface area contributed by atoms with Crippen molar-refractivity contribution >= 4 is 70.3 Å². The fourth-order valence-corrected chi connectivity index (χ4v) is 10.9. The Morgan fingerprint density at radius 2 is 1.42 bits per heavy atom. The average molecular weight is 1060 g/mol. The number of amides is 5. The number of aryl methyl sites for hydroxylation is 2. The Hall–Kier alpha value is -8.60. The van der Waals surface area contributed by atoms with Gasteiger partial charge in [-0.15, -0.1) is 5.06 Å². The Morgan fingerprint density at radius 3 is 2.14 bits per heavy atom. The first-order chi connectivity index (χ1) is 37.6. The van der Waals surface area contributed by atoms with Crippen LogP contribution in [-0.4, -0.2) is 77.8 Å². The number of nitrogens with zero attached hydrogens (tertiary/aromatic N) is 4. The van der Waals surface area contributed by atoms with Gasteiger partial charge in [0.1, 0.15) is 19.0 Å². The van der Waals surface area contributed by atoms with Gasteiger partial charge in [-0.3, -0.25) is 38.7 Å². The number of hydrogen-bond donors (Lipinski definition) is 2. The van der Waals surface area contributed by atoms with Crippen LogP contribution in [0.1, 0.15) is 119 Å². The van der Waals surface area contributed by atoms with Crippen LogP contribution < -0.4 is 34.6 Å². The number of methoxy groups -OCH3 is 1. The minimum atomic E-state index is -0.875. The van der Waals surface area contributed by atoms with E-state index in [1.54, 1.807) is 49.2 Å². The maximum atomic E-state index is 14.1. The van der Waals surface area contributed by atoms with Gasteiger partial charge in [-0.1, -0.05) is 49.9 Å². The van der Waals surface area contributed by atoms with Crippen molar-refractivity contribution in [3.8, 4) is 17.2 Å². The monoisotopic (exact) mass is 1050 g/mol. The van der Waals surface area contributed by atoms with Crippen molar-refractivity contribution in [1.82, 2.24) is 10.4 Å². The van der Waals surface area contributed by atoms with Crippen molar-refractivity contribution in [2.45, 2.75) is 123 Å². The molecule has 0 aliphatic carbocycles. The zero-order chi connectivity index (χ0) is 54.8. The number of benzene rings is 5.